The molecule has 4 heteroatoms. The third-order valence-electron chi connectivity index (χ3n) is 2.15. The molecule has 0 aliphatic carbocycles. The molecule has 1 N–H and O–H groups in total. The van der Waals surface area contributed by atoms with Crippen LogP contribution in [-0.4, -0.2) is 52.0 Å². The van der Waals surface area contributed by atoms with Crippen LogP contribution in [0.4, 0.5) is 0 Å². The van der Waals surface area contributed by atoms with Crippen molar-refractivity contribution in [3.8, 4) is 0 Å². The van der Waals surface area contributed by atoms with Gasteiger partial charge in [0, 0.05) is 42.0 Å². The van der Waals surface area contributed by atoms with Crippen LogP contribution in [-0.2, 0) is 10.8 Å². The lowest BCUT2D eigenvalue weighted by molar-refractivity contribution is 0.252. The van der Waals surface area contributed by atoms with E-state index in [-0.39, 0.29) is 0 Å². The van der Waals surface area contributed by atoms with Crippen molar-refractivity contribution in [3.63, 3.8) is 0 Å². The van der Waals surface area contributed by atoms with Gasteiger partial charge in [-0.1, -0.05) is 0 Å². The van der Waals surface area contributed by atoms with E-state index in [2.05, 4.69) is 4.90 Å². The van der Waals surface area contributed by atoms with E-state index in [0.29, 0.717) is 6.61 Å². The Kier molecular flexibility index (Phi) is 4.80. The van der Waals surface area contributed by atoms with Crippen LogP contribution in [0, 0.1) is 0 Å². The molecule has 0 bridgehead atoms. The van der Waals surface area contributed by atoms with Crippen LogP contribution in [0.25, 0.3) is 0 Å². The highest BCUT2D eigenvalue weighted by Gasteiger charge is 2.13. The summed E-state index contributed by atoms with van der Waals surface area (Å²) >= 11 is 0. The van der Waals surface area contributed by atoms with Gasteiger partial charge in [-0.3, -0.25) is 4.21 Å². The SMILES string of the molecule is O=S1CCN(CCCCO)CC1. The molecule has 0 saturated carbocycles. The molecule has 1 aliphatic heterocycles. The van der Waals surface area contributed by atoms with Gasteiger partial charge in [-0.25, -0.2) is 0 Å². The molecule has 1 saturated heterocycles. The zero-order valence-electron chi connectivity index (χ0n) is 7.37. The second-order valence-electron chi connectivity index (χ2n) is 3.12. The summed E-state index contributed by atoms with van der Waals surface area (Å²) < 4.78 is 11.0. The molecule has 0 aromatic heterocycles. The second kappa shape index (κ2) is 5.67. The molecule has 12 heavy (non-hydrogen) atoms. The lowest BCUT2D eigenvalue weighted by Crippen LogP contribution is -2.38. The Labute approximate surface area is 76.2 Å². The van der Waals surface area contributed by atoms with Crippen molar-refractivity contribution in [2.75, 3.05) is 37.7 Å². The molecule has 1 rings (SSSR count). The van der Waals surface area contributed by atoms with E-state index in [1.165, 1.54) is 0 Å². The van der Waals surface area contributed by atoms with E-state index >= 15 is 0 Å². The summed E-state index contributed by atoms with van der Waals surface area (Å²) in [7, 11) is -0.559. The first-order chi connectivity index (χ1) is 5.83. The maximum absolute atomic E-state index is 11.0. The van der Waals surface area contributed by atoms with Gasteiger partial charge in [-0.2, -0.15) is 0 Å². The van der Waals surface area contributed by atoms with Crippen LogP contribution in [0.3, 0.4) is 0 Å². The molecule has 1 fully saturated rings. The zero-order valence-corrected chi connectivity index (χ0v) is 8.18. The third-order valence-corrected chi connectivity index (χ3v) is 3.43. The summed E-state index contributed by atoms with van der Waals surface area (Å²) in [5, 5.41) is 8.57. The van der Waals surface area contributed by atoms with Gasteiger partial charge in [0.15, 0.2) is 0 Å². The van der Waals surface area contributed by atoms with Crippen molar-refractivity contribution in [1.29, 1.82) is 0 Å². The minimum atomic E-state index is -0.559. The number of aliphatic hydroxyl groups is 1. The lowest BCUT2D eigenvalue weighted by atomic mass is 10.3. The number of nitrogens with zero attached hydrogens (tertiary/aromatic N) is 1. The largest absolute Gasteiger partial charge is 0.396 e. The minimum absolute atomic E-state index is 0.291. The number of aliphatic hydroxyl groups excluding tert-OH is 1. The molecule has 0 unspecified atom stereocenters. The van der Waals surface area contributed by atoms with Gasteiger partial charge in [0.25, 0.3) is 0 Å². The van der Waals surface area contributed by atoms with Crippen molar-refractivity contribution in [3.05, 3.63) is 0 Å². The van der Waals surface area contributed by atoms with Crippen LogP contribution in [0.15, 0.2) is 0 Å². The molecular weight excluding hydrogens is 174 g/mol. The topological polar surface area (TPSA) is 40.5 Å². The highest BCUT2D eigenvalue weighted by Crippen LogP contribution is 2.01. The van der Waals surface area contributed by atoms with Gasteiger partial charge in [0.2, 0.25) is 0 Å². The Morgan fingerprint density at radius 1 is 1.25 bits per heavy atom. The van der Waals surface area contributed by atoms with Crippen LogP contribution < -0.4 is 0 Å². The van der Waals surface area contributed by atoms with Crippen molar-refractivity contribution in [2.24, 2.45) is 0 Å². The van der Waals surface area contributed by atoms with Crippen LogP contribution in [0.1, 0.15) is 12.8 Å². The Bertz CT molecular complexity index is 142. The molecule has 72 valence electrons. The maximum Gasteiger partial charge on any atom is 0.0431 e. The van der Waals surface area contributed by atoms with E-state index < -0.39 is 10.8 Å². The van der Waals surface area contributed by atoms with E-state index in [1.54, 1.807) is 0 Å². The third kappa shape index (κ3) is 3.65. The zero-order chi connectivity index (χ0) is 8.81. The molecule has 1 heterocycles. The summed E-state index contributed by atoms with van der Waals surface area (Å²) in [4.78, 5) is 2.33. The quantitative estimate of drug-likeness (QED) is 0.627. The molecule has 0 amide bonds. The van der Waals surface area contributed by atoms with Crippen LogP contribution in [0.2, 0.25) is 0 Å². The van der Waals surface area contributed by atoms with Crippen molar-refractivity contribution in [1.82, 2.24) is 4.90 Å². The first-order valence-corrected chi connectivity index (χ1v) is 6.00. The molecule has 0 atom stereocenters. The summed E-state index contributed by atoms with van der Waals surface area (Å²) in [5.41, 5.74) is 0. The summed E-state index contributed by atoms with van der Waals surface area (Å²) in [6.07, 6.45) is 1.95. The molecular formula is C8H17NO2S. The minimum Gasteiger partial charge on any atom is -0.396 e. The van der Waals surface area contributed by atoms with Gasteiger partial charge >= 0.3 is 0 Å². The van der Waals surface area contributed by atoms with Crippen molar-refractivity contribution >= 4 is 10.8 Å². The summed E-state index contributed by atoms with van der Waals surface area (Å²) in [6, 6.07) is 0. The Hall–Kier alpha value is 0.0700. The van der Waals surface area contributed by atoms with Gasteiger partial charge in [0.1, 0.15) is 0 Å². The summed E-state index contributed by atoms with van der Waals surface area (Å²) in [6.45, 7) is 3.29. The van der Waals surface area contributed by atoms with Crippen LogP contribution in [0.5, 0.6) is 0 Å². The molecule has 1 aliphatic rings. The van der Waals surface area contributed by atoms with E-state index in [0.717, 1.165) is 44.0 Å². The standard InChI is InChI=1S/C8H17NO2S/c10-6-2-1-3-9-4-7-12(11)8-5-9/h10H,1-8H2. The fourth-order valence-corrected chi connectivity index (χ4v) is 2.47. The number of unbranched alkanes of at least 4 members (excludes halogenated alkanes) is 1. The average Bonchev–Trinajstić information content (AvgIpc) is 2.09. The molecule has 0 aromatic carbocycles. The second-order valence-corrected chi connectivity index (χ2v) is 4.82. The molecule has 3 nitrogen and oxygen atoms in total. The Balaban J connectivity index is 2.05. The van der Waals surface area contributed by atoms with Gasteiger partial charge in [0.05, 0.1) is 0 Å². The van der Waals surface area contributed by atoms with E-state index in [9.17, 15) is 4.21 Å². The molecule has 0 radical (unpaired) electrons. The number of hydrogen-bond donors (Lipinski definition) is 1. The van der Waals surface area contributed by atoms with Gasteiger partial charge in [-0.15, -0.1) is 0 Å². The normalized spacial score (nSPS) is 21.4. The fraction of sp³-hybridized carbons (Fsp3) is 1.00. The Morgan fingerprint density at radius 2 is 1.92 bits per heavy atom. The predicted octanol–water partition coefficient (Wildman–Crippen LogP) is -0.177. The Morgan fingerprint density at radius 3 is 2.50 bits per heavy atom. The van der Waals surface area contributed by atoms with E-state index in [1.807, 2.05) is 0 Å². The average molecular weight is 191 g/mol. The first kappa shape index (κ1) is 10.2. The smallest absolute Gasteiger partial charge is 0.0431 e. The van der Waals surface area contributed by atoms with E-state index in [4.69, 9.17) is 5.11 Å². The van der Waals surface area contributed by atoms with Crippen molar-refractivity contribution in [2.45, 2.75) is 12.8 Å². The van der Waals surface area contributed by atoms with Crippen LogP contribution >= 0.6 is 0 Å². The maximum atomic E-state index is 11.0. The van der Waals surface area contributed by atoms with Crippen molar-refractivity contribution < 1.29 is 9.32 Å². The number of hydrogen-bond acceptors (Lipinski definition) is 3. The van der Waals surface area contributed by atoms with Gasteiger partial charge in [-0.05, 0) is 19.4 Å². The van der Waals surface area contributed by atoms with Gasteiger partial charge < -0.3 is 10.0 Å². The number of rotatable bonds is 4. The predicted molar refractivity (Wildman–Crippen MR) is 50.6 cm³/mol. The molecule has 0 aromatic rings. The summed E-state index contributed by atoms with van der Waals surface area (Å²) in [5.74, 6) is 1.66. The molecule has 0 spiro atoms. The monoisotopic (exact) mass is 191 g/mol. The fourth-order valence-electron chi connectivity index (χ4n) is 1.35. The lowest BCUT2D eigenvalue weighted by Gasteiger charge is -2.25. The highest BCUT2D eigenvalue weighted by atomic mass is 32.2. The first-order valence-electron chi connectivity index (χ1n) is 4.51. The highest BCUT2D eigenvalue weighted by molar-refractivity contribution is 7.85.